The standard InChI is InChI=1S/C18H13Br2Cl/c1-11-6-7-15(17(20)10-11)18(21)14-8-9-16(19)13-5-3-2-4-12(13)14/h2-10,18H,1H3. The summed E-state index contributed by atoms with van der Waals surface area (Å²) in [5.41, 5.74) is 3.44. The zero-order valence-electron chi connectivity index (χ0n) is 11.4. The first-order chi connectivity index (χ1) is 10.1. The Morgan fingerprint density at radius 2 is 1.48 bits per heavy atom. The van der Waals surface area contributed by atoms with Crippen molar-refractivity contribution in [3.8, 4) is 0 Å². The Balaban J connectivity index is 2.18. The van der Waals surface area contributed by atoms with Gasteiger partial charge in [-0.2, -0.15) is 0 Å². The van der Waals surface area contributed by atoms with Gasteiger partial charge in [0.25, 0.3) is 0 Å². The summed E-state index contributed by atoms with van der Waals surface area (Å²) in [4.78, 5) is 0. The van der Waals surface area contributed by atoms with Gasteiger partial charge in [0.05, 0.1) is 5.38 Å². The minimum absolute atomic E-state index is 0.182. The van der Waals surface area contributed by atoms with Gasteiger partial charge in [-0.15, -0.1) is 11.6 Å². The molecule has 0 spiro atoms. The van der Waals surface area contributed by atoms with E-state index < -0.39 is 0 Å². The van der Waals surface area contributed by atoms with Crippen molar-refractivity contribution in [1.82, 2.24) is 0 Å². The molecule has 0 aromatic heterocycles. The normalized spacial score (nSPS) is 12.6. The summed E-state index contributed by atoms with van der Waals surface area (Å²) in [7, 11) is 0. The summed E-state index contributed by atoms with van der Waals surface area (Å²) in [5.74, 6) is 0. The van der Waals surface area contributed by atoms with Crippen LogP contribution < -0.4 is 0 Å². The Morgan fingerprint density at radius 1 is 0.810 bits per heavy atom. The highest BCUT2D eigenvalue weighted by molar-refractivity contribution is 9.11. The molecule has 0 bridgehead atoms. The molecule has 1 atom stereocenters. The lowest BCUT2D eigenvalue weighted by Crippen LogP contribution is -1.96. The van der Waals surface area contributed by atoms with Crippen LogP contribution in [0, 0.1) is 6.92 Å². The van der Waals surface area contributed by atoms with E-state index in [0.717, 1.165) is 20.1 Å². The van der Waals surface area contributed by atoms with E-state index in [4.69, 9.17) is 11.6 Å². The highest BCUT2D eigenvalue weighted by Crippen LogP contribution is 2.39. The first-order valence-corrected chi connectivity index (χ1v) is 8.67. The SMILES string of the molecule is Cc1ccc(C(Cl)c2ccc(Br)c3ccccc23)c(Br)c1. The van der Waals surface area contributed by atoms with Gasteiger partial charge in [0.15, 0.2) is 0 Å². The molecule has 0 saturated heterocycles. The van der Waals surface area contributed by atoms with E-state index in [1.54, 1.807) is 0 Å². The number of hydrogen-bond donors (Lipinski definition) is 0. The Kier molecular flexibility index (Phi) is 4.39. The van der Waals surface area contributed by atoms with Crippen LogP contribution in [-0.4, -0.2) is 0 Å². The minimum atomic E-state index is -0.182. The predicted molar refractivity (Wildman–Crippen MR) is 98.2 cm³/mol. The van der Waals surface area contributed by atoms with Crippen molar-refractivity contribution >= 4 is 54.2 Å². The summed E-state index contributed by atoms with van der Waals surface area (Å²) >= 11 is 14.0. The quantitative estimate of drug-likeness (QED) is 0.389. The Bertz CT molecular complexity index is 811. The van der Waals surface area contributed by atoms with Crippen molar-refractivity contribution < 1.29 is 0 Å². The van der Waals surface area contributed by atoms with Crippen LogP contribution in [0.4, 0.5) is 0 Å². The van der Waals surface area contributed by atoms with E-state index in [9.17, 15) is 0 Å². The highest BCUT2D eigenvalue weighted by atomic mass is 79.9. The topological polar surface area (TPSA) is 0 Å². The number of halogens is 3. The third-order valence-corrected chi connectivity index (χ3v) is 5.46. The fraction of sp³-hybridized carbons (Fsp3) is 0.111. The van der Waals surface area contributed by atoms with Crippen LogP contribution in [0.25, 0.3) is 10.8 Å². The lowest BCUT2D eigenvalue weighted by atomic mass is 9.97. The number of rotatable bonds is 2. The molecule has 0 nitrogen and oxygen atoms in total. The van der Waals surface area contributed by atoms with Crippen LogP contribution in [0.5, 0.6) is 0 Å². The van der Waals surface area contributed by atoms with E-state index in [0.29, 0.717) is 0 Å². The molecule has 0 fully saturated rings. The second-order valence-corrected chi connectivity index (χ2v) is 7.21. The van der Waals surface area contributed by atoms with Gasteiger partial charge in [-0.1, -0.05) is 74.3 Å². The fourth-order valence-corrected chi connectivity index (χ4v) is 4.22. The molecule has 0 aliphatic rings. The van der Waals surface area contributed by atoms with Crippen molar-refractivity contribution in [3.63, 3.8) is 0 Å². The summed E-state index contributed by atoms with van der Waals surface area (Å²) < 4.78 is 2.14. The zero-order chi connectivity index (χ0) is 15.0. The molecule has 0 radical (unpaired) electrons. The van der Waals surface area contributed by atoms with E-state index >= 15 is 0 Å². The smallest absolute Gasteiger partial charge is 0.0852 e. The molecule has 0 aliphatic carbocycles. The molecule has 21 heavy (non-hydrogen) atoms. The fourth-order valence-electron chi connectivity index (χ4n) is 2.51. The van der Waals surface area contributed by atoms with Crippen molar-refractivity contribution in [3.05, 3.63) is 80.2 Å². The summed E-state index contributed by atoms with van der Waals surface area (Å²) in [6.07, 6.45) is 0. The second kappa shape index (κ2) is 6.12. The minimum Gasteiger partial charge on any atom is -0.113 e. The average Bonchev–Trinajstić information content (AvgIpc) is 2.47. The molecule has 0 aliphatic heterocycles. The molecule has 3 heteroatoms. The predicted octanol–water partition coefficient (Wildman–Crippen LogP) is 7.00. The maximum absolute atomic E-state index is 6.78. The van der Waals surface area contributed by atoms with Crippen LogP contribution in [0.3, 0.4) is 0 Å². The second-order valence-electron chi connectivity index (χ2n) is 5.07. The number of fused-ring (bicyclic) bond motifs is 1. The molecule has 0 heterocycles. The number of benzene rings is 3. The van der Waals surface area contributed by atoms with Gasteiger partial charge < -0.3 is 0 Å². The van der Waals surface area contributed by atoms with Gasteiger partial charge in [-0.3, -0.25) is 0 Å². The van der Waals surface area contributed by atoms with Crippen LogP contribution in [0.1, 0.15) is 22.1 Å². The van der Waals surface area contributed by atoms with Gasteiger partial charge in [0, 0.05) is 8.95 Å². The molecular formula is C18H13Br2Cl. The van der Waals surface area contributed by atoms with Gasteiger partial charge in [-0.05, 0) is 46.5 Å². The Morgan fingerprint density at radius 3 is 2.19 bits per heavy atom. The third kappa shape index (κ3) is 2.90. The van der Waals surface area contributed by atoms with E-state index in [-0.39, 0.29) is 5.38 Å². The van der Waals surface area contributed by atoms with Crippen LogP contribution in [0.15, 0.2) is 63.5 Å². The van der Waals surface area contributed by atoms with E-state index in [1.165, 1.54) is 16.3 Å². The first-order valence-electron chi connectivity index (χ1n) is 6.65. The van der Waals surface area contributed by atoms with Crippen molar-refractivity contribution in [1.29, 1.82) is 0 Å². The summed E-state index contributed by atoms with van der Waals surface area (Å²) in [6, 6.07) is 18.8. The molecule has 0 N–H and O–H groups in total. The number of aryl methyl sites for hydroxylation is 1. The molecule has 1 unspecified atom stereocenters. The van der Waals surface area contributed by atoms with Crippen molar-refractivity contribution in [2.75, 3.05) is 0 Å². The van der Waals surface area contributed by atoms with Gasteiger partial charge in [-0.25, -0.2) is 0 Å². The molecule has 3 aromatic rings. The maximum Gasteiger partial charge on any atom is 0.0852 e. The summed E-state index contributed by atoms with van der Waals surface area (Å²) in [5, 5.41) is 2.18. The lowest BCUT2D eigenvalue weighted by molar-refractivity contribution is 1.14. The molecule has 0 amide bonds. The van der Waals surface area contributed by atoms with E-state index in [1.807, 2.05) is 12.1 Å². The van der Waals surface area contributed by atoms with Crippen LogP contribution in [-0.2, 0) is 0 Å². The monoisotopic (exact) mass is 422 g/mol. The van der Waals surface area contributed by atoms with Gasteiger partial charge in [0.1, 0.15) is 0 Å². The highest BCUT2D eigenvalue weighted by Gasteiger charge is 2.17. The number of alkyl halides is 1. The largest absolute Gasteiger partial charge is 0.113 e. The Labute approximate surface area is 146 Å². The number of hydrogen-bond acceptors (Lipinski definition) is 0. The van der Waals surface area contributed by atoms with Crippen LogP contribution in [0.2, 0.25) is 0 Å². The molecule has 3 aromatic carbocycles. The maximum atomic E-state index is 6.78. The zero-order valence-corrected chi connectivity index (χ0v) is 15.3. The molecule has 3 rings (SSSR count). The molecule has 106 valence electrons. The Hall–Kier alpha value is -0.830. The molecule has 0 saturated carbocycles. The first kappa shape index (κ1) is 15.1. The van der Waals surface area contributed by atoms with E-state index in [2.05, 4.69) is 81.2 Å². The molecular weight excluding hydrogens is 411 g/mol. The average molecular weight is 425 g/mol. The van der Waals surface area contributed by atoms with Gasteiger partial charge >= 0.3 is 0 Å². The lowest BCUT2D eigenvalue weighted by Gasteiger charge is -2.16. The van der Waals surface area contributed by atoms with Gasteiger partial charge in [0.2, 0.25) is 0 Å². The summed E-state index contributed by atoms with van der Waals surface area (Å²) in [6.45, 7) is 2.08. The van der Waals surface area contributed by atoms with Crippen molar-refractivity contribution in [2.24, 2.45) is 0 Å². The van der Waals surface area contributed by atoms with Crippen LogP contribution >= 0.6 is 43.5 Å². The third-order valence-electron chi connectivity index (χ3n) is 3.61. The van der Waals surface area contributed by atoms with Crippen molar-refractivity contribution in [2.45, 2.75) is 12.3 Å².